The van der Waals surface area contributed by atoms with Crippen molar-refractivity contribution in [3.63, 3.8) is 0 Å². The molecule has 0 unspecified atom stereocenters. The highest BCUT2D eigenvalue weighted by atomic mass is 16.5. The molecule has 3 rings (SSSR count). The van der Waals surface area contributed by atoms with Crippen molar-refractivity contribution in [1.82, 2.24) is 0 Å². The molecule has 0 saturated carbocycles. The summed E-state index contributed by atoms with van der Waals surface area (Å²) in [6.07, 6.45) is 9.34. The van der Waals surface area contributed by atoms with Gasteiger partial charge in [-0.15, -0.1) is 0 Å². The Morgan fingerprint density at radius 3 is 2.27 bits per heavy atom. The fourth-order valence-corrected chi connectivity index (χ4v) is 2.81. The first-order chi connectivity index (χ1) is 14.4. The first-order valence-electron chi connectivity index (χ1n) is 9.66. The van der Waals surface area contributed by atoms with Gasteiger partial charge in [0, 0.05) is 38.0 Å². The van der Waals surface area contributed by atoms with E-state index in [1.54, 1.807) is 6.92 Å². The van der Waals surface area contributed by atoms with Gasteiger partial charge in [0.05, 0.1) is 6.26 Å². The van der Waals surface area contributed by atoms with Crippen molar-refractivity contribution >= 4 is 23.8 Å². The molecule has 2 heterocycles. The molecule has 6 nitrogen and oxygen atoms in total. The summed E-state index contributed by atoms with van der Waals surface area (Å²) in [7, 11) is 4.03. The Bertz CT molecular complexity index is 1080. The molecule has 0 N–H and O–H groups in total. The maximum atomic E-state index is 12.1. The van der Waals surface area contributed by atoms with Gasteiger partial charge >= 0.3 is 5.97 Å². The third-order valence-corrected chi connectivity index (χ3v) is 4.59. The number of esters is 1. The standard InChI is InChI=1S/C24H25N2O4/c1-18-24(22(27)13-17-29-18)30-23(28)12-16-26-14-10-20(11-15-26)5-4-19-6-8-21(9-7-19)25(2)3/h4-11,13-15,17H,12,16H2,1-3H3/q+1. The van der Waals surface area contributed by atoms with Crippen molar-refractivity contribution in [2.24, 2.45) is 0 Å². The number of carbonyl (C=O) groups excluding carboxylic acids is 1. The van der Waals surface area contributed by atoms with E-state index in [1.165, 1.54) is 12.3 Å². The first-order valence-corrected chi connectivity index (χ1v) is 9.66. The molecule has 6 heteroatoms. The monoisotopic (exact) mass is 405 g/mol. The number of hydrogen-bond acceptors (Lipinski definition) is 5. The number of aromatic nitrogens is 1. The van der Waals surface area contributed by atoms with Crippen LogP contribution in [0.2, 0.25) is 0 Å². The molecular formula is C24H25N2O4+. The van der Waals surface area contributed by atoms with Gasteiger partial charge in [0.1, 0.15) is 12.2 Å². The number of aryl methyl sites for hydroxylation is 2. The van der Waals surface area contributed by atoms with Crippen molar-refractivity contribution < 1.29 is 18.5 Å². The Morgan fingerprint density at radius 2 is 1.67 bits per heavy atom. The predicted molar refractivity (Wildman–Crippen MR) is 116 cm³/mol. The lowest BCUT2D eigenvalue weighted by Crippen LogP contribution is -2.34. The van der Waals surface area contributed by atoms with Crippen molar-refractivity contribution in [1.29, 1.82) is 0 Å². The summed E-state index contributed by atoms with van der Waals surface area (Å²) in [4.78, 5) is 25.9. The summed E-state index contributed by atoms with van der Waals surface area (Å²) in [5, 5.41) is 0. The van der Waals surface area contributed by atoms with Gasteiger partial charge in [-0.2, -0.15) is 0 Å². The minimum absolute atomic E-state index is 0.0494. The zero-order chi connectivity index (χ0) is 21.5. The average Bonchev–Trinajstić information content (AvgIpc) is 2.74. The van der Waals surface area contributed by atoms with Gasteiger partial charge in [-0.1, -0.05) is 24.3 Å². The number of benzene rings is 1. The van der Waals surface area contributed by atoms with E-state index in [2.05, 4.69) is 35.2 Å². The van der Waals surface area contributed by atoms with Crippen LogP contribution < -0.4 is 19.6 Å². The van der Waals surface area contributed by atoms with Crippen molar-refractivity contribution in [2.75, 3.05) is 19.0 Å². The SMILES string of the molecule is Cc1occc(=O)c1OC(=O)CC[n+]1ccc(/C=C/c2ccc(N(C)C)cc2)cc1. The molecule has 0 atom stereocenters. The number of pyridine rings is 1. The minimum Gasteiger partial charge on any atom is -0.465 e. The second kappa shape index (κ2) is 9.69. The van der Waals surface area contributed by atoms with Crippen molar-refractivity contribution in [3.8, 4) is 5.75 Å². The van der Waals surface area contributed by atoms with Crippen LogP contribution >= 0.6 is 0 Å². The smallest absolute Gasteiger partial charge is 0.317 e. The maximum absolute atomic E-state index is 12.1. The van der Waals surface area contributed by atoms with Crippen molar-refractivity contribution in [3.05, 3.63) is 88.2 Å². The summed E-state index contributed by atoms with van der Waals surface area (Å²) >= 11 is 0. The third-order valence-electron chi connectivity index (χ3n) is 4.59. The van der Waals surface area contributed by atoms with Crippen LogP contribution in [0, 0.1) is 6.92 Å². The summed E-state index contributed by atoms with van der Waals surface area (Å²) in [6.45, 7) is 2.04. The van der Waals surface area contributed by atoms with E-state index in [4.69, 9.17) is 9.15 Å². The van der Waals surface area contributed by atoms with E-state index in [0.29, 0.717) is 6.54 Å². The van der Waals surface area contributed by atoms with Gasteiger partial charge in [0.2, 0.25) is 11.2 Å². The zero-order valence-corrected chi connectivity index (χ0v) is 17.4. The van der Waals surface area contributed by atoms with E-state index < -0.39 is 5.97 Å². The van der Waals surface area contributed by atoms with E-state index in [9.17, 15) is 9.59 Å². The van der Waals surface area contributed by atoms with Gasteiger partial charge in [0.25, 0.3) is 0 Å². The molecule has 0 fully saturated rings. The molecule has 0 amide bonds. The zero-order valence-electron chi connectivity index (χ0n) is 17.4. The lowest BCUT2D eigenvalue weighted by atomic mass is 10.1. The summed E-state index contributed by atoms with van der Waals surface area (Å²) in [6, 6.07) is 13.5. The summed E-state index contributed by atoms with van der Waals surface area (Å²) in [5.74, 6) is -0.239. The molecular weight excluding hydrogens is 380 g/mol. The molecule has 0 spiro atoms. The molecule has 0 saturated heterocycles. The molecule has 2 aromatic heterocycles. The molecule has 0 aliphatic heterocycles. The van der Waals surface area contributed by atoms with Crippen LogP contribution in [-0.4, -0.2) is 20.1 Å². The molecule has 154 valence electrons. The maximum Gasteiger partial charge on any atom is 0.317 e. The van der Waals surface area contributed by atoms with Gasteiger partial charge < -0.3 is 14.1 Å². The minimum atomic E-state index is -0.478. The van der Waals surface area contributed by atoms with E-state index in [-0.39, 0.29) is 23.4 Å². The molecule has 0 radical (unpaired) electrons. The Morgan fingerprint density at radius 1 is 1.03 bits per heavy atom. The second-order valence-electron chi connectivity index (χ2n) is 7.08. The van der Waals surface area contributed by atoms with Gasteiger partial charge in [-0.3, -0.25) is 9.59 Å². The van der Waals surface area contributed by atoms with Crippen LogP contribution in [0.4, 0.5) is 5.69 Å². The Kier molecular flexibility index (Phi) is 6.80. The van der Waals surface area contributed by atoms with Crippen LogP contribution in [0.3, 0.4) is 0 Å². The predicted octanol–water partition coefficient (Wildman–Crippen LogP) is 3.47. The Hall–Kier alpha value is -3.67. The molecule has 0 aliphatic carbocycles. The van der Waals surface area contributed by atoms with E-state index in [1.807, 2.05) is 49.3 Å². The van der Waals surface area contributed by atoms with E-state index in [0.717, 1.165) is 16.8 Å². The van der Waals surface area contributed by atoms with Crippen LogP contribution in [0.5, 0.6) is 5.75 Å². The number of rotatable bonds is 7. The molecule has 0 aliphatic rings. The van der Waals surface area contributed by atoms with Crippen molar-refractivity contribution in [2.45, 2.75) is 19.9 Å². The fraction of sp³-hybridized carbons (Fsp3) is 0.208. The van der Waals surface area contributed by atoms with E-state index >= 15 is 0 Å². The number of carbonyl (C=O) groups is 1. The highest BCUT2D eigenvalue weighted by molar-refractivity contribution is 5.72. The lowest BCUT2D eigenvalue weighted by molar-refractivity contribution is -0.696. The van der Waals surface area contributed by atoms with Gasteiger partial charge in [-0.05, 0) is 30.2 Å². The highest BCUT2D eigenvalue weighted by Crippen LogP contribution is 2.14. The number of hydrogen-bond donors (Lipinski definition) is 0. The summed E-state index contributed by atoms with van der Waals surface area (Å²) < 4.78 is 12.1. The van der Waals surface area contributed by atoms with Crippen LogP contribution in [-0.2, 0) is 11.3 Å². The number of anilines is 1. The molecule has 3 aromatic rings. The fourth-order valence-electron chi connectivity index (χ4n) is 2.81. The van der Waals surface area contributed by atoms with Crippen LogP contribution in [0.15, 0.2) is 70.3 Å². The molecule has 30 heavy (non-hydrogen) atoms. The number of nitrogens with zero attached hydrogens (tertiary/aromatic N) is 2. The second-order valence-corrected chi connectivity index (χ2v) is 7.08. The molecule has 0 bridgehead atoms. The lowest BCUT2D eigenvalue weighted by Gasteiger charge is -2.11. The third kappa shape index (κ3) is 5.67. The first kappa shape index (κ1) is 21.0. The quantitative estimate of drug-likeness (QED) is 0.445. The van der Waals surface area contributed by atoms with Crippen LogP contribution in [0.25, 0.3) is 12.2 Å². The number of ether oxygens (including phenoxy) is 1. The highest BCUT2D eigenvalue weighted by Gasteiger charge is 2.14. The Labute approximate surface area is 175 Å². The molecule has 1 aromatic carbocycles. The largest absolute Gasteiger partial charge is 0.465 e. The topological polar surface area (TPSA) is 63.6 Å². The van der Waals surface area contributed by atoms with Crippen LogP contribution in [0.1, 0.15) is 23.3 Å². The normalized spacial score (nSPS) is 10.9. The average molecular weight is 405 g/mol. The summed E-state index contributed by atoms with van der Waals surface area (Å²) in [5.41, 5.74) is 2.98. The van der Waals surface area contributed by atoms with Gasteiger partial charge in [0.15, 0.2) is 18.9 Å². The Balaban J connectivity index is 1.54. The van der Waals surface area contributed by atoms with Gasteiger partial charge in [-0.25, -0.2) is 4.57 Å².